The summed E-state index contributed by atoms with van der Waals surface area (Å²) in [5.41, 5.74) is 1.20. The molecule has 0 aliphatic carbocycles. The van der Waals surface area contributed by atoms with Gasteiger partial charge >= 0.3 is 6.09 Å². The Morgan fingerprint density at radius 2 is 1.84 bits per heavy atom. The van der Waals surface area contributed by atoms with Gasteiger partial charge < -0.3 is 14.5 Å². The van der Waals surface area contributed by atoms with E-state index in [9.17, 15) is 4.79 Å². The van der Waals surface area contributed by atoms with Gasteiger partial charge in [-0.1, -0.05) is 30.3 Å². The number of hydrogen-bond acceptors (Lipinski definition) is 3. The third-order valence-electron chi connectivity index (χ3n) is 2.38. The molecule has 0 spiro atoms. The molecule has 0 saturated heterocycles. The lowest BCUT2D eigenvalue weighted by Crippen LogP contribution is -2.30. The molecule has 0 unspecified atom stereocenters. The van der Waals surface area contributed by atoms with Crippen LogP contribution in [0.1, 0.15) is 5.56 Å². The van der Waals surface area contributed by atoms with Crippen molar-refractivity contribution < 1.29 is 14.0 Å². The topological polar surface area (TPSA) is 47.6 Å². The van der Waals surface area contributed by atoms with Gasteiger partial charge in [-0.3, -0.25) is 0 Å². The highest BCUT2D eigenvalue weighted by molar-refractivity contribution is 6.69. The van der Waals surface area contributed by atoms with Gasteiger partial charge in [0, 0.05) is 6.54 Å². The van der Waals surface area contributed by atoms with Crippen LogP contribution in [0.25, 0.3) is 0 Å². The summed E-state index contributed by atoms with van der Waals surface area (Å²) in [5.74, 6) is 0. The molecule has 0 heterocycles. The van der Waals surface area contributed by atoms with Gasteiger partial charge in [-0.15, -0.1) is 0 Å². The van der Waals surface area contributed by atoms with E-state index in [1.165, 1.54) is 5.56 Å². The third kappa shape index (κ3) is 8.39. The number of hydrogen-bond donors (Lipinski definition) is 1. The highest BCUT2D eigenvalue weighted by atomic mass is 28.4. The van der Waals surface area contributed by atoms with E-state index in [1.807, 2.05) is 30.3 Å². The molecule has 1 aromatic carbocycles. The summed E-state index contributed by atoms with van der Waals surface area (Å²) in [5, 5.41) is 2.72. The molecule has 0 aromatic heterocycles. The van der Waals surface area contributed by atoms with Gasteiger partial charge in [0.1, 0.15) is 6.61 Å². The maximum Gasteiger partial charge on any atom is 0.407 e. The second kappa shape index (κ2) is 7.96. The summed E-state index contributed by atoms with van der Waals surface area (Å²) >= 11 is 0. The maximum absolute atomic E-state index is 11.4. The molecule has 0 bridgehead atoms. The number of carbonyl (C=O) groups is 1. The summed E-state index contributed by atoms with van der Waals surface area (Å²) in [6, 6.07) is 10.0. The fraction of sp³-hybridized carbons (Fsp3) is 0.500. The Kier molecular flexibility index (Phi) is 6.59. The summed E-state index contributed by atoms with van der Waals surface area (Å²) in [7, 11) is -1.51. The molecule has 0 aliphatic heterocycles. The zero-order chi connectivity index (χ0) is 14.1. The summed E-state index contributed by atoms with van der Waals surface area (Å²) in [4.78, 5) is 11.4. The Morgan fingerprint density at radius 1 is 1.16 bits per heavy atom. The largest absolute Gasteiger partial charge is 0.447 e. The highest BCUT2D eigenvalue weighted by Gasteiger charge is 2.13. The number of alkyl carbamates (subject to hydrolysis) is 1. The number of nitrogens with one attached hydrogen (secondary N) is 1. The van der Waals surface area contributed by atoms with Crippen LogP contribution in [0.2, 0.25) is 19.6 Å². The van der Waals surface area contributed by atoms with Crippen molar-refractivity contribution in [2.24, 2.45) is 0 Å². The van der Waals surface area contributed by atoms with E-state index in [0.29, 0.717) is 19.8 Å². The highest BCUT2D eigenvalue weighted by Crippen LogP contribution is 2.01. The van der Waals surface area contributed by atoms with Crippen molar-refractivity contribution in [3.63, 3.8) is 0 Å². The second-order valence-electron chi connectivity index (χ2n) is 5.26. The monoisotopic (exact) mass is 281 g/mol. The van der Waals surface area contributed by atoms with E-state index in [-0.39, 0.29) is 6.09 Å². The average molecular weight is 281 g/mol. The molecule has 19 heavy (non-hydrogen) atoms. The van der Waals surface area contributed by atoms with Crippen molar-refractivity contribution in [3.8, 4) is 0 Å². The van der Waals surface area contributed by atoms with Gasteiger partial charge in [-0.2, -0.15) is 0 Å². The van der Waals surface area contributed by atoms with Crippen LogP contribution in [0.3, 0.4) is 0 Å². The van der Waals surface area contributed by atoms with Crippen LogP contribution in [0.4, 0.5) is 4.79 Å². The smallest absolute Gasteiger partial charge is 0.407 e. The first kappa shape index (κ1) is 15.7. The van der Waals surface area contributed by atoms with E-state index in [2.05, 4.69) is 25.0 Å². The number of amides is 1. The van der Waals surface area contributed by atoms with Crippen molar-refractivity contribution in [2.75, 3.05) is 19.8 Å². The van der Waals surface area contributed by atoms with E-state index in [1.54, 1.807) is 0 Å². The summed E-state index contributed by atoms with van der Waals surface area (Å²) < 4.78 is 10.6. The minimum Gasteiger partial charge on any atom is -0.447 e. The molecule has 1 rings (SSSR count). The van der Waals surface area contributed by atoms with Crippen molar-refractivity contribution in [1.82, 2.24) is 5.32 Å². The molecule has 1 amide bonds. The van der Waals surface area contributed by atoms with Crippen LogP contribution in [0, 0.1) is 0 Å². The molecule has 0 radical (unpaired) electrons. The SMILES string of the molecule is C[Si](C)(C)OCCOC(=O)NCCc1ccccc1. The Morgan fingerprint density at radius 3 is 2.47 bits per heavy atom. The number of ether oxygens (including phenoxy) is 1. The minimum absolute atomic E-state index is 0.307. The molecule has 5 heteroatoms. The lowest BCUT2D eigenvalue weighted by Gasteiger charge is -2.16. The predicted octanol–water partition coefficient (Wildman–Crippen LogP) is 2.81. The van der Waals surface area contributed by atoms with Crippen LogP contribution >= 0.6 is 0 Å². The second-order valence-corrected chi connectivity index (χ2v) is 9.77. The van der Waals surface area contributed by atoms with Crippen LogP contribution in [0.5, 0.6) is 0 Å². The van der Waals surface area contributed by atoms with Gasteiger partial charge in [0.25, 0.3) is 0 Å². The molecule has 0 aliphatic rings. The van der Waals surface area contributed by atoms with Gasteiger partial charge in [-0.05, 0) is 31.6 Å². The Labute approximate surface area is 116 Å². The van der Waals surface area contributed by atoms with Gasteiger partial charge in [0.15, 0.2) is 8.32 Å². The molecule has 106 valence electrons. The standard InChI is InChI=1S/C14H23NO3Si/c1-19(2,3)18-12-11-17-14(16)15-10-9-13-7-5-4-6-8-13/h4-8H,9-12H2,1-3H3,(H,15,16). The molecule has 0 saturated carbocycles. The molecule has 4 nitrogen and oxygen atoms in total. The van der Waals surface area contributed by atoms with Crippen LogP contribution in [-0.4, -0.2) is 34.2 Å². The van der Waals surface area contributed by atoms with Crippen molar-refractivity contribution in [3.05, 3.63) is 35.9 Å². The lowest BCUT2D eigenvalue weighted by atomic mass is 10.1. The Balaban J connectivity index is 2.05. The third-order valence-corrected chi connectivity index (χ3v) is 3.45. The van der Waals surface area contributed by atoms with Crippen LogP contribution in [-0.2, 0) is 15.6 Å². The average Bonchev–Trinajstić information content (AvgIpc) is 2.35. The first-order valence-electron chi connectivity index (χ1n) is 6.56. The molecule has 0 atom stereocenters. The first-order valence-corrected chi connectivity index (χ1v) is 9.97. The normalized spacial score (nSPS) is 11.1. The number of benzene rings is 1. The van der Waals surface area contributed by atoms with E-state index >= 15 is 0 Å². The molecular formula is C14H23NO3Si. The van der Waals surface area contributed by atoms with E-state index < -0.39 is 8.32 Å². The Bertz CT molecular complexity index is 376. The van der Waals surface area contributed by atoms with Gasteiger partial charge in [0.2, 0.25) is 0 Å². The summed E-state index contributed by atoms with van der Waals surface area (Å²) in [6.07, 6.45) is 0.427. The fourth-order valence-corrected chi connectivity index (χ4v) is 2.18. The van der Waals surface area contributed by atoms with Crippen molar-refractivity contribution >= 4 is 14.4 Å². The minimum atomic E-state index is -1.51. The maximum atomic E-state index is 11.4. The van der Waals surface area contributed by atoms with Crippen LogP contribution < -0.4 is 5.32 Å². The van der Waals surface area contributed by atoms with Crippen LogP contribution in [0.15, 0.2) is 30.3 Å². The van der Waals surface area contributed by atoms with Gasteiger partial charge in [-0.25, -0.2) is 4.79 Å². The zero-order valence-corrected chi connectivity index (χ0v) is 12.9. The van der Waals surface area contributed by atoms with Gasteiger partial charge in [0.05, 0.1) is 6.61 Å². The predicted molar refractivity (Wildman–Crippen MR) is 78.8 cm³/mol. The molecule has 1 N–H and O–H groups in total. The van der Waals surface area contributed by atoms with E-state index in [0.717, 1.165) is 6.42 Å². The molecular weight excluding hydrogens is 258 g/mol. The zero-order valence-electron chi connectivity index (χ0n) is 11.9. The number of rotatable bonds is 7. The lowest BCUT2D eigenvalue weighted by molar-refractivity contribution is 0.123. The summed E-state index contributed by atoms with van der Waals surface area (Å²) in [6.45, 7) is 7.67. The number of carbonyl (C=O) groups excluding carboxylic acids is 1. The van der Waals surface area contributed by atoms with E-state index in [4.69, 9.17) is 9.16 Å². The molecule has 1 aromatic rings. The molecule has 0 fully saturated rings. The van der Waals surface area contributed by atoms with Crippen molar-refractivity contribution in [2.45, 2.75) is 26.1 Å². The first-order chi connectivity index (χ1) is 8.97. The Hall–Kier alpha value is -1.33. The quantitative estimate of drug-likeness (QED) is 0.617. The fourth-order valence-electron chi connectivity index (χ4n) is 1.49. The van der Waals surface area contributed by atoms with Crippen molar-refractivity contribution in [1.29, 1.82) is 0 Å².